The third-order valence-electron chi connectivity index (χ3n) is 3.58. The van der Waals surface area contributed by atoms with E-state index in [4.69, 9.17) is 5.73 Å². The zero-order valence-electron chi connectivity index (χ0n) is 10.2. The Balaban J connectivity index is 1.98. The molecule has 2 nitrogen and oxygen atoms in total. The Kier molecular flexibility index (Phi) is 2.85. The predicted octanol–water partition coefficient (Wildman–Crippen LogP) is 2.92. The van der Waals surface area contributed by atoms with Crippen molar-refractivity contribution in [3.05, 3.63) is 71.8 Å². The van der Waals surface area contributed by atoms with E-state index in [2.05, 4.69) is 53.5 Å². The molecule has 18 heavy (non-hydrogen) atoms. The Morgan fingerprint density at radius 3 is 2.00 bits per heavy atom. The lowest BCUT2D eigenvalue weighted by Gasteiger charge is -2.20. The minimum atomic E-state index is 0.216. The van der Waals surface area contributed by atoms with E-state index >= 15 is 0 Å². The lowest BCUT2D eigenvalue weighted by Crippen LogP contribution is -2.22. The number of aliphatic imine (C=N–C) groups is 1. The van der Waals surface area contributed by atoms with Gasteiger partial charge in [0, 0.05) is 18.4 Å². The molecule has 0 aromatic heterocycles. The smallest absolute Gasteiger partial charge is 0.102 e. The fourth-order valence-electron chi connectivity index (χ4n) is 2.68. The summed E-state index contributed by atoms with van der Waals surface area (Å²) >= 11 is 0. The molecule has 0 bridgehead atoms. The first-order valence-corrected chi connectivity index (χ1v) is 6.26. The number of rotatable bonds is 2. The summed E-state index contributed by atoms with van der Waals surface area (Å²) in [5, 5.41) is 0. The van der Waals surface area contributed by atoms with Crippen LogP contribution in [0.25, 0.3) is 0 Å². The van der Waals surface area contributed by atoms with Gasteiger partial charge in [0.15, 0.2) is 0 Å². The first kappa shape index (κ1) is 11.0. The van der Waals surface area contributed by atoms with Crippen molar-refractivity contribution >= 4 is 5.84 Å². The van der Waals surface area contributed by atoms with Crippen LogP contribution >= 0.6 is 0 Å². The van der Waals surface area contributed by atoms with Gasteiger partial charge in [-0.1, -0.05) is 60.7 Å². The van der Waals surface area contributed by atoms with Crippen LogP contribution in [0.15, 0.2) is 65.7 Å². The maximum Gasteiger partial charge on any atom is 0.102 e. The van der Waals surface area contributed by atoms with Gasteiger partial charge in [0.05, 0.1) is 0 Å². The van der Waals surface area contributed by atoms with Crippen LogP contribution in [0.3, 0.4) is 0 Å². The summed E-state index contributed by atoms with van der Waals surface area (Å²) in [4.78, 5) is 4.45. The molecule has 2 N–H and O–H groups in total. The molecule has 90 valence electrons. The van der Waals surface area contributed by atoms with E-state index in [1.807, 2.05) is 12.1 Å². The number of nitrogens with two attached hydrogens (primary N) is 1. The van der Waals surface area contributed by atoms with Crippen molar-refractivity contribution in [1.82, 2.24) is 0 Å². The van der Waals surface area contributed by atoms with E-state index in [0.717, 1.165) is 12.4 Å². The molecule has 0 saturated heterocycles. The molecule has 0 aliphatic carbocycles. The predicted molar refractivity (Wildman–Crippen MR) is 74.9 cm³/mol. The van der Waals surface area contributed by atoms with Gasteiger partial charge in [0.2, 0.25) is 0 Å². The van der Waals surface area contributed by atoms with Crippen molar-refractivity contribution in [3.63, 3.8) is 0 Å². The summed E-state index contributed by atoms with van der Waals surface area (Å²) in [6.45, 7) is 0.787. The molecule has 0 amide bonds. The molecule has 1 aliphatic heterocycles. The third kappa shape index (κ3) is 1.90. The molecule has 1 heterocycles. The van der Waals surface area contributed by atoms with E-state index in [-0.39, 0.29) is 5.92 Å². The summed E-state index contributed by atoms with van der Waals surface area (Å²) < 4.78 is 0. The molecule has 3 rings (SSSR count). The first-order valence-electron chi connectivity index (χ1n) is 6.26. The largest absolute Gasteiger partial charge is 0.387 e. The topological polar surface area (TPSA) is 38.4 Å². The lowest BCUT2D eigenvalue weighted by atomic mass is 9.83. The summed E-state index contributed by atoms with van der Waals surface area (Å²) in [5.41, 5.74) is 8.66. The van der Waals surface area contributed by atoms with Gasteiger partial charge in [-0.2, -0.15) is 0 Å². The maximum absolute atomic E-state index is 6.09. The lowest BCUT2D eigenvalue weighted by molar-refractivity contribution is 0.698. The van der Waals surface area contributed by atoms with Crippen LogP contribution in [0, 0.1) is 0 Å². The fraction of sp³-hybridized carbons (Fsp3) is 0.188. The van der Waals surface area contributed by atoms with Gasteiger partial charge in [0.25, 0.3) is 0 Å². The minimum Gasteiger partial charge on any atom is -0.387 e. The van der Waals surface area contributed by atoms with Crippen molar-refractivity contribution in [3.8, 4) is 0 Å². The van der Waals surface area contributed by atoms with Gasteiger partial charge in [-0.15, -0.1) is 0 Å². The molecule has 2 heteroatoms. The Bertz CT molecular complexity index is 546. The van der Waals surface area contributed by atoms with Crippen molar-refractivity contribution < 1.29 is 0 Å². The van der Waals surface area contributed by atoms with Gasteiger partial charge in [-0.25, -0.2) is 0 Å². The van der Waals surface area contributed by atoms with Crippen molar-refractivity contribution in [2.45, 2.75) is 11.8 Å². The second-order valence-corrected chi connectivity index (χ2v) is 4.67. The standard InChI is InChI=1S/C16H16N2/c17-16-15(13-9-5-2-6-10-13)14(11-18-16)12-7-3-1-4-8-12/h1-10,14-15H,11H2,(H2,17,18). The molecule has 2 aromatic carbocycles. The second-order valence-electron chi connectivity index (χ2n) is 4.67. The van der Waals surface area contributed by atoms with Gasteiger partial charge < -0.3 is 5.73 Å². The molecule has 0 spiro atoms. The van der Waals surface area contributed by atoms with Crippen LogP contribution in [-0.4, -0.2) is 12.4 Å². The average Bonchev–Trinajstić information content (AvgIpc) is 2.83. The summed E-state index contributed by atoms with van der Waals surface area (Å²) in [6.07, 6.45) is 0. The van der Waals surface area contributed by atoms with Gasteiger partial charge in [0.1, 0.15) is 5.84 Å². The highest BCUT2D eigenvalue weighted by Crippen LogP contribution is 2.37. The monoisotopic (exact) mass is 236 g/mol. The Morgan fingerprint density at radius 2 is 1.39 bits per heavy atom. The second kappa shape index (κ2) is 4.65. The van der Waals surface area contributed by atoms with Crippen LogP contribution in [0.1, 0.15) is 23.0 Å². The first-order chi connectivity index (χ1) is 8.86. The summed E-state index contributed by atoms with van der Waals surface area (Å²) in [7, 11) is 0. The van der Waals surface area contributed by atoms with Crippen LogP contribution < -0.4 is 5.73 Å². The zero-order valence-corrected chi connectivity index (χ0v) is 10.2. The van der Waals surface area contributed by atoms with Crippen LogP contribution in [0.2, 0.25) is 0 Å². The number of hydrogen-bond donors (Lipinski definition) is 1. The van der Waals surface area contributed by atoms with Gasteiger partial charge in [-0.05, 0) is 11.1 Å². The summed E-state index contributed by atoms with van der Waals surface area (Å²) in [6, 6.07) is 20.9. The van der Waals surface area contributed by atoms with Gasteiger partial charge >= 0.3 is 0 Å². The highest BCUT2D eigenvalue weighted by molar-refractivity contribution is 5.90. The maximum atomic E-state index is 6.09. The minimum absolute atomic E-state index is 0.216. The molecule has 2 unspecified atom stereocenters. The molecule has 2 atom stereocenters. The molecule has 1 aliphatic rings. The Labute approximate surface area is 107 Å². The summed E-state index contributed by atoms with van der Waals surface area (Å²) in [5.74, 6) is 1.34. The van der Waals surface area contributed by atoms with E-state index in [0.29, 0.717) is 5.92 Å². The van der Waals surface area contributed by atoms with Gasteiger partial charge in [-0.3, -0.25) is 4.99 Å². The zero-order chi connectivity index (χ0) is 12.4. The van der Waals surface area contributed by atoms with Crippen LogP contribution in [0.4, 0.5) is 0 Å². The van der Waals surface area contributed by atoms with Crippen molar-refractivity contribution in [1.29, 1.82) is 0 Å². The normalized spacial score (nSPS) is 22.8. The van der Waals surface area contributed by atoms with E-state index in [9.17, 15) is 0 Å². The molecular weight excluding hydrogens is 220 g/mol. The van der Waals surface area contributed by atoms with Crippen LogP contribution in [-0.2, 0) is 0 Å². The third-order valence-corrected chi connectivity index (χ3v) is 3.58. The highest BCUT2D eigenvalue weighted by Gasteiger charge is 2.32. The van der Waals surface area contributed by atoms with Crippen molar-refractivity contribution in [2.75, 3.05) is 6.54 Å². The Hall–Kier alpha value is -2.09. The average molecular weight is 236 g/mol. The molecule has 0 radical (unpaired) electrons. The quantitative estimate of drug-likeness (QED) is 0.855. The SMILES string of the molecule is NC1=NCC(c2ccccc2)C1c1ccccc1. The van der Waals surface area contributed by atoms with E-state index < -0.39 is 0 Å². The van der Waals surface area contributed by atoms with Crippen molar-refractivity contribution in [2.24, 2.45) is 10.7 Å². The highest BCUT2D eigenvalue weighted by atomic mass is 14.9. The number of hydrogen-bond acceptors (Lipinski definition) is 2. The fourth-order valence-corrected chi connectivity index (χ4v) is 2.68. The molecule has 2 aromatic rings. The molecule has 0 fully saturated rings. The van der Waals surface area contributed by atoms with E-state index in [1.54, 1.807) is 0 Å². The Morgan fingerprint density at radius 1 is 0.833 bits per heavy atom. The molecule has 0 saturated carbocycles. The number of nitrogens with zero attached hydrogens (tertiary/aromatic N) is 1. The molecular formula is C16H16N2. The van der Waals surface area contributed by atoms with Crippen LogP contribution in [0.5, 0.6) is 0 Å². The van der Waals surface area contributed by atoms with E-state index in [1.165, 1.54) is 11.1 Å². The number of benzene rings is 2. The number of amidine groups is 1.